The smallest absolute Gasteiger partial charge is 0.248 e. The molecule has 0 bridgehead atoms. The Bertz CT molecular complexity index is 1060. The van der Waals surface area contributed by atoms with E-state index < -0.39 is 0 Å². The van der Waals surface area contributed by atoms with Crippen molar-refractivity contribution in [3.8, 4) is 22.8 Å². The molecule has 0 amide bonds. The van der Waals surface area contributed by atoms with Crippen molar-refractivity contribution in [3.05, 3.63) is 52.7 Å². The Morgan fingerprint density at radius 1 is 1.08 bits per heavy atom. The average molecular weight is 432 g/mol. The van der Waals surface area contributed by atoms with Gasteiger partial charge < -0.3 is 13.4 Å². The molecule has 3 aromatic heterocycles. The van der Waals surface area contributed by atoms with Gasteiger partial charge in [-0.25, -0.2) is 0 Å². The van der Waals surface area contributed by atoms with Crippen LogP contribution >= 0.6 is 27.7 Å². The number of hydrogen-bond acceptors (Lipinski definition) is 7. The van der Waals surface area contributed by atoms with Crippen molar-refractivity contribution in [3.63, 3.8) is 0 Å². The van der Waals surface area contributed by atoms with Crippen LogP contribution in [0.3, 0.4) is 0 Å². The van der Waals surface area contributed by atoms with Gasteiger partial charge in [-0.1, -0.05) is 23.9 Å². The fraction of sp³-hybridized carbons (Fsp3) is 0.176. The highest BCUT2D eigenvalue weighted by Gasteiger charge is 2.16. The molecule has 0 fully saturated rings. The van der Waals surface area contributed by atoms with E-state index in [1.807, 2.05) is 48.9 Å². The molecule has 0 saturated carbocycles. The molecule has 0 spiro atoms. The molecule has 0 aliphatic heterocycles. The van der Waals surface area contributed by atoms with Crippen LogP contribution < -0.4 is 0 Å². The first kappa shape index (κ1) is 17.0. The van der Waals surface area contributed by atoms with E-state index in [2.05, 4.69) is 36.3 Å². The van der Waals surface area contributed by atoms with Crippen LogP contribution in [-0.4, -0.2) is 25.0 Å². The van der Waals surface area contributed by atoms with E-state index in [0.717, 1.165) is 32.3 Å². The molecule has 7 nitrogen and oxygen atoms in total. The van der Waals surface area contributed by atoms with Gasteiger partial charge in [0.15, 0.2) is 11.0 Å². The van der Waals surface area contributed by atoms with E-state index in [-0.39, 0.29) is 0 Å². The third kappa shape index (κ3) is 3.19. The van der Waals surface area contributed by atoms with Crippen LogP contribution in [0.4, 0.5) is 0 Å². The third-order valence-corrected chi connectivity index (χ3v) is 5.53. The summed E-state index contributed by atoms with van der Waals surface area (Å²) < 4.78 is 13.9. The van der Waals surface area contributed by atoms with Gasteiger partial charge in [-0.2, -0.15) is 0 Å². The van der Waals surface area contributed by atoms with Crippen molar-refractivity contribution in [1.29, 1.82) is 0 Å². The number of aryl methyl sites for hydroxylation is 1. The minimum atomic E-state index is 0.487. The Hall–Kier alpha value is -2.39. The van der Waals surface area contributed by atoms with Crippen LogP contribution in [0.1, 0.15) is 11.7 Å². The lowest BCUT2D eigenvalue weighted by Gasteiger charge is -2.01. The summed E-state index contributed by atoms with van der Waals surface area (Å²) in [6.07, 6.45) is 1.65. The molecule has 0 aliphatic carbocycles. The first-order valence-corrected chi connectivity index (χ1v) is 9.55. The Labute approximate surface area is 162 Å². The topological polar surface area (TPSA) is 82.8 Å². The molecule has 4 rings (SSSR count). The molecule has 4 aromatic rings. The highest BCUT2D eigenvalue weighted by atomic mass is 79.9. The van der Waals surface area contributed by atoms with Gasteiger partial charge in [-0.3, -0.25) is 0 Å². The maximum atomic E-state index is 5.76. The van der Waals surface area contributed by atoms with Crippen molar-refractivity contribution in [2.24, 2.45) is 7.05 Å². The number of rotatable bonds is 5. The predicted molar refractivity (Wildman–Crippen MR) is 100 cm³/mol. The SMILES string of the molecule is Cc1occc1-c1nnc(SCc2nnc(-c3ccccc3Br)o2)n1C. The number of aromatic nitrogens is 5. The Morgan fingerprint density at radius 3 is 2.69 bits per heavy atom. The van der Waals surface area contributed by atoms with Crippen LogP contribution in [0.2, 0.25) is 0 Å². The molecule has 0 N–H and O–H groups in total. The quantitative estimate of drug-likeness (QED) is 0.430. The van der Waals surface area contributed by atoms with Crippen molar-refractivity contribution >= 4 is 27.7 Å². The second-order valence-corrected chi connectivity index (χ2v) is 7.32. The van der Waals surface area contributed by atoms with E-state index in [4.69, 9.17) is 8.83 Å². The summed E-state index contributed by atoms with van der Waals surface area (Å²) in [5.41, 5.74) is 1.80. The van der Waals surface area contributed by atoms with Gasteiger partial charge in [0.05, 0.1) is 23.1 Å². The number of halogens is 1. The Balaban J connectivity index is 1.50. The largest absolute Gasteiger partial charge is 0.469 e. The lowest BCUT2D eigenvalue weighted by molar-refractivity contribution is 0.528. The van der Waals surface area contributed by atoms with Gasteiger partial charge in [0, 0.05) is 11.5 Å². The molecular weight excluding hydrogens is 418 g/mol. The maximum absolute atomic E-state index is 5.76. The molecule has 0 saturated heterocycles. The second kappa shape index (κ2) is 7.08. The van der Waals surface area contributed by atoms with Crippen molar-refractivity contribution in [2.45, 2.75) is 17.8 Å². The summed E-state index contributed by atoms with van der Waals surface area (Å²) in [6.45, 7) is 1.90. The van der Waals surface area contributed by atoms with Crippen LogP contribution in [-0.2, 0) is 12.8 Å². The zero-order valence-corrected chi connectivity index (χ0v) is 16.4. The molecule has 9 heteroatoms. The van der Waals surface area contributed by atoms with Gasteiger partial charge in [-0.05, 0) is 41.1 Å². The molecule has 0 aliphatic rings. The number of thioether (sulfide) groups is 1. The lowest BCUT2D eigenvalue weighted by Crippen LogP contribution is -1.95. The first-order valence-electron chi connectivity index (χ1n) is 7.77. The van der Waals surface area contributed by atoms with E-state index >= 15 is 0 Å². The second-order valence-electron chi connectivity index (χ2n) is 5.53. The molecule has 1 aromatic carbocycles. The van der Waals surface area contributed by atoms with Crippen LogP contribution in [0.25, 0.3) is 22.8 Å². The van der Waals surface area contributed by atoms with Crippen LogP contribution in [0.5, 0.6) is 0 Å². The maximum Gasteiger partial charge on any atom is 0.248 e. The third-order valence-electron chi connectivity index (χ3n) is 3.83. The zero-order valence-electron chi connectivity index (χ0n) is 14.0. The highest BCUT2D eigenvalue weighted by molar-refractivity contribution is 9.10. The predicted octanol–water partition coefficient (Wildman–Crippen LogP) is 4.49. The number of nitrogens with zero attached hydrogens (tertiary/aromatic N) is 5. The molecule has 26 heavy (non-hydrogen) atoms. The monoisotopic (exact) mass is 431 g/mol. The van der Waals surface area contributed by atoms with Gasteiger partial charge in [0.25, 0.3) is 0 Å². The zero-order chi connectivity index (χ0) is 18.1. The van der Waals surface area contributed by atoms with Crippen molar-refractivity contribution in [2.75, 3.05) is 0 Å². The molecule has 3 heterocycles. The van der Waals surface area contributed by atoms with Gasteiger partial charge in [0.1, 0.15) is 5.76 Å². The minimum absolute atomic E-state index is 0.487. The van der Waals surface area contributed by atoms with Gasteiger partial charge >= 0.3 is 0 Å². The van der Waals surface area contributed by atoms with Gasteiger partial charge in [0.2, 0.25) is 11.8 Å². The van der Waals surface area contributed by atoms with E-state index in [0.29, 0.717) is 17.5 Å². The molecule has 132 valence electrons. The molecular formula is C17H14BrN5O2S. The molecule has 0 atom stereocenters. The fourth-order valence-corrected chi connectivity index (χ4v) is 3.68. The lowest BCUT2D eigenvalue weighted by atomic mass is 10.2. The first-order chi connectivity index (χ1) is 12.6. The number of hydrogen-bond donors (Lipinski definition) is 0. The van der Waals surface area contributed by atoms with Crippen LogP contribution in [0, 0.1) is 6.92 Å². The van der Waals surface area contributed by atoms with Crippen LogP contribution in [0.15, 0.2) is 55.1 Å². The summed E-state index contributed by atoms with van der Waals surface area (Å²) >= 11 is 4.98. The number of benzene rings is 1. The summed E-state index contributed by atoms with van der Waals surface area (Å²) in [5.74, 6) is 3.10. The van der Waals surface area contributed by atoms with E-state index in [1.54, 1.807) is 6.26 Å². The normalized spacial score (nSPS) is 11.2. The van der Waals surface area contributed by atoms with E-state index in [1.165, 1.54) is 11.8 Å². The molecule has 0 unspecified atom stereocenters. The van der Waals surface area contributed by atoms with E-state index in [9.17, 15) is 0 Å². The summed E-state index contributed by atoms with van der Waals surface area (Å²) in [5, 5.41) is 17.5. The number of furan rings is 1. The van der Waals surface area contributed by atoms with Gasteiger partial charge in [-0.15, -0.1) is 20.4 Å². The average Bonchev–Trinajstić information content (AvgIpc) is 3.34. The summed E-state index contributed by atoms with van der Waals surface area (Å²) in [6, 6.07) is 9.62. The standard InChI is InChI=1S/C17H14BrN5O2S/c1-10-11(7-8-24-10)15-20-22-17(23(15)2)26-9-14-19-21-16(25-14)12-5-3-4-6-13(12)18/h3-8H,9H2,1-2H3. The molecule has 0 radical (unpaired) electrons. The Morgan fingerprint density at radius 2 is 1.92 bits per heavy atom. The fourth-order valence-electron chi connectivity index (χ4n) is 2.47. The van der Waals surface area contributed by atoms with Crippen molar-refractivity contribution < 1.29 is 8.83 Å². The summed E-state index contributed by atoms with van der Waals surface area (Å²) in [4.78, 5) is 0. The summed E-state index contributed by atoms with van der Waals surface area (Å²) in [7, 11) is 1.92. The minimum Gasteiger partial charge on any atom is -0.469 e. The highest BCUT2D eigenvalue weighted by Crippen LogP contribution is 2.30. The Kier molecular flexibility index (Phi) is 4.64. The van der Waals surface area contributed by atoms with Crippen molar-refractivity contribution in [1.82, 2.24) is 25.0 Å².